The lowest BCUT2D eigenvalue weighted by Gasteiger charge is -1.99. The Morgan fingerprint density at radius 1 is 1.73 bits per heavy atom. The van der Waals surface area contributed by atoms with E-state index in [4.69, 9.17) is 11.6 Å². The molecule has 3 nitrogen and oxygen atoms in total. The van der Waals surface area contributed by atoms with Crippen molar-refractivity contribution in [3.05, 3.63) is 22.8 Å². The van der Waals surface area contributed by atoms with Crippen molar-refractivity contribution in [1.82, 2.24) is 4.98 Å². The molecule has 1 rings (SSSR count). The van der Waals surface area contributed by atoms with Crippen LogP contribution in [0.1, 0.15) is 5.56 Å². The molecular formula is C7H7ClN2O. The molecule has 0 bridgehead atoms. The zero-order chi connectivity index (χ0) is 8.27. The molecule has 0 aliphatic heterocycles. The molecule has 1 amide bonds. The van der Waals surface area contributed by atoms with Crippen LogP contribution in [-0.2, 0) is 4.79 Å². The van der Waals surface area contributed by atoms with Crippen molar-refractivity contribution in [1.29, 1.82) is 0 Å². The molecule has 58 valence electrons. The molecule has 0 saturated carbocycles. The van der Waals surface area contributed by atoms with E-state index in [2.05, 4.69) is 10.3 Å². The van der Waals surface area contributed by atoms with E-state index < -0.39 is 0 Å². The molecule has 0 aliphatic rings. The number of aryl methyl sites for hydroxylation is 1. The van der Waals surface area contributed by atoms with Gasteiger partial charge >= 0.3 is 0 Å². The van der Waals surface area contributed by atoms with E-state index in [0.717, 1.165) is 5.56 Å². The second kappa shape index (κ2) is 3.34. The van der Waals surface area contributed by atoms with Gasteiger partial charge in [-0.05, 0) is 18.6 Å². The van der Waals surface area contributed by atoms with Crippen LogP contribution in [0.15, 0.2) is 12.3 Å². The first-order chi connectivity index (χ1) is 5.24. The minimum Gasteiger partial charge on any atom is -0.313 e. The van der Waals surface area contributed by atoms with Gasteiger partial charge in [0.25, 0.3) is 0 Å². The summed E-state index contributed by atoms with van der Waals surface area (Å²) < 4.78 is 0. The van der Waals surface area contributed by atoms with Gasteiger partial charge in [0.05, 0.1) is 5.02 Å². The van der Waals surface area contributed by atoms with Gasteiger partial charge in [0.15, 0.2) is 0 Å². The summed E-state index contributed by atoms with van der Waals surface area (Å²) in [5.41, 5.74) is 0.894. The van der Waals surface area contributed by atoms with Crippen LogP contribution in [0, 0.1) is 6.92 Å². The van der Waals surface area contributed by atoms with Crippen LogP contribution in [-0.4, -0.2) is 11.4 Å². The number of anilines is 1. The second-order valence-electron chi connectivity index (χ2n) is 2.08. The fourth-order valence-corrected chi connectivity index (χ4v) is 0.782. The molecule has 0 aromatic carbocycles. The molecule has 1 heterocycles. The summed E-state index contributed by atoms with van der Waals surface area (Å²) in [7, 11) is 0. The number of carbonyl (C=O) groups excluding carboxylic acids is 1. The van der Waals surface area contributed by atoms with Crippen LogP contribution in [0.25, 0.3) is 0 Å². The van der Waals surface area contributed by atoms with Crippen LogP contribution in [0.4, 0.5) is 5.82 Å². The van der Waals surface area contributed by atoms with E-state index in [9.17, 15) is 4.79 Å². The molecule has 0 spiro atoms. The second-order valence-corrected chi connectivity index (χ2v) is 2.49. The van der Waals surface area contributed by atoms with Crippen molar-refractivity contribution in [3.8, 4) is 0 Å². The Labute approximate surface area is 69.4 Å². The van der Waals surface area contributed by atoms with Gasteiger partial charge in [0.2, 0.25) is 6.41 Å². The number of rotatable bonds is 2. The van der Waals surface area contributed by atoms with Gasteiger partial charge in [-0.1, -0.05) is 11.6 Å². The van der Waals surface area contributed by atoms with Gasteiger partial charge < -0.3 is 5.32 Å². The van der Waals surface area contributed by atoms with Gasteiger partial charge in [0.1, 0.15) is 5.82 Å². The van der Waals surface area contributed by atoms with Crippen LogP contribution in [0.3, 0.4) is 0 Å². The number of carbonyl (C=O) groups is 1. The Hall–Kier alpha value is -1.09. The Morgan fingerprint density at radius 3 is 3.00 bits per heavy atom. The third-order valence-corrected chi connectivity index (χ3v) is 1.65. The molecule has 0 saturated heterocycles. The molecule has 0 atom stereocenters. The van der Waals surface area contributed by atoms with E-state index in [1.165, 1.54) is 6.20 Å². The third-order valence-electron chi connectivity index (χ3n) is 1.25. The zero-order valence-corrected chi connectivity index (χ0v) is 6.72. The number of halogens is 1. The summed E-state index contributed by atoms with van der Waals surface area (Å²) >= 11 is 5.70. The molecule has 0 fully saturated rings. The number of aromatic nitrogens is 1. The minimum atomic E-state index is 0.516. The lowest BCUT2D eigenvalue weighted by atomic mass is 10.3. The summed E-state index contributed by atoms with van der Waals surface area (Å²) in [6.45, 7) is 1.85. The highest BCUT2D eigenvalue weighted by atomic mass is 35.5. The maximum atomic E-state index is 9.99. The predicted octanol–water partition coefficient (Wildman–Crippen LogP) is 1.61. The van der Waals surface area contributed by atoms with Crippen molar-refractivity contribution < 1.29 is 4.79 Å². The highest BCUT2D eigenvalue weighted by molar-refractivity contribution is 6.31. The van der Waals surface area contributed by atoms with Crippen LogP contribution < -0.4 is 5.32 Å². The Kier molecular flexibility index (Phi) is 2.44. The van der Waals surface area contributed by atoms with Crippen molar-refractivity contribution in [2.45, 2.75) is 6.92 Å². The SMILES string of the molecule is Cc1cc(NC=O)ncc1Cl. The molecule has 0 radical (unpaired) electrons. The molecule has 4 heteroatoms. The lowest BCUT2D eigenvalue weighted by molar-refractivity contribution is -0.105. The van der Waals surface area contributed by atoms with Crippen LogP contribution in [0.2, 0.25) is 5.02 Å². The first-order valence-corrected chi connectivity index (χ1v) is 3.44. The number of amides is 1. The normalized spacial score (nSPS) is 9.27. The van der Waals surface area contributed by atoms with Crippen LogP contribution in [0.5, 0.6) is 0 Å². The summed E-state index contributed by atoms with van der Waals surface area (Å²) in [5, 5.41) is 3.02. The minimum absolute atomic E-state index is 0.516. The van der Waals surface area contributed by atoms with Gasteiger partial charge in [-0.3, -0.25) is 4.79 Å². The first-order valence-electron chi connectivity index (χ1n) is 3.06. The summed E-state index contributed by atoms with van der Waals surface area (Å²) in [4.78, 5) is 13.8. The number of hydrogen-bond acceptors (Lipinski definition) is 2. The largest absolute Gasteiger partial charge is 0.313 e. The highest BCUT2D eigenvalue weighted by Crippen LogP contribution is 2.15. The van der Waals surface area contributed by atoms with Gasteiger partial charge in [-0.15, -0.1) is 0 Å². The third kappa shape index (κ3) is 1.91. The average molecular weight is 171 g/mol. The molecule has 1 aromatic rings. The van der Waals surface area contributed by atoms with Gasteiger partial charge in [0, 0.05) is 6.20 Å². The van der Waals surface area contributed by atoms with E-state index >= 15 is 0 Å². The van der Waals surface area contributed by atoms with E-state index in [-0.39, 0.29) is 0 Å². The molecular weight excluding hydrogens is 164 g/mol. The Bertz CT molecular complexity index is 275. The Morgan fingerprint density at radius 2 is 2.45 bits per heavy atom. The van der Waals surface area contributed by atoms with Gasteiger partial charge in [-0.25, -0.2) is 4.98 Å². The molecule has 0 aliphatic carbocycles. The molecule has 1 N–H and O–H groups in total. The summed E-state index contributed by atoms with van der Waals surface area (Å²) in [6, 6.07) is 1.71. The highest BCUT2D eigenvalue weighted by Gasteiger charge is 1.96. The lowest BCUT2D eigenvalue weighted by Crippen LogP contribution is -1.96. The molecule has 1 aromatic heterocycles. The Balaban J connectivity index is 2.95. The van der Waals surface area contributed by atoms with Crippen molar-refractivity contribution >= 4 is 23.8 Å². The van der Waals surface area contributed by atoms with Crippen molar-refractivity contribution in [2.24, 2.45) is 0 Å². The van der Waals surface area contributed by atoms with Crippen molar-refractivity contribution in [3.63, 3.8) is 0 Å². The van der Waals surface area contributed by atoms with Crippen LogP contribution >= 0.6 is 11.6 Å². The van der Waals surface area contributed by atoms with Gasteiger partial charge in [-0.2, -0.15) is 0 Å². The van der Waals surface area contributed by atoms with Crippen molar-refractivity contribution in [2.75, 3.05) is 5.32 Å². The number of nitrogens with zero attached hydrogens (tertiary/aromatic N) is 1. The van der Waals surface area contributed by atoms with E-state index in [1.54, 1.807) is 6.07 Å². The maximum Gasteiger partial charge on any atom is 0.212 e. The summed E-state index contributed by atoms with van der Waals surface area (Å²) in [5.74, 6) is 0.516. The quantitative estimate of drug-likeness (QED) is 0.686. The molecule has 0 unspecified atom stereocenters. The fourth-order valence-electron chi connectivity index (χ4n) is 0.679. The fraction of sp³-hybridized carbons (Fsp3) is 0.143. The van der Waals surface area contributed by atoms with E-state index in [1.807, 2.05) is 6.92 Å². The predicted molar refractivity (Wildman–Crippen MR) is 43.7 cm³/mol. The number of hydrogen-bond donors (Lipinski definition) is 1. The average Bonchev–Trinajstić information content (AvgIpc) is 1.98. The topological polar surface area (TPSA) is 42.0 Å². The van der Waals surface area contributed by atoms with E-state index in [0.29, 0.717) is 17.3 Å². The summed E-state index contributed by atoms with van der Waals surface area (Å²) in [6.07, 6.45) is 2.08. The maximum absolute atomic E-state index is 9.99. The standard InChI is InChI=1S/C7H7ClN2O/c1-5-2-7(10-4-11)9-3-6(5)8/h2-4H,1H3,(H,9,10,11). The molecule has 11 heavy (non-hydrogen) atoms. The number of pyridine rings is 1. The smallest absolute Gasteiger partial charge is 0.212 e. The number of nitrogens with one attached hydrogen (secondary N) is 1. The zero-order valence-electron chi connectivity index (χ0n) is 5.97. The monoisotopic (exact) mass is 170 g/mol. The first kappa shape index (κ1) is 8.01.